The van der Waals surface area contributed by atoms with E-state index in [2.05, 4.69) is 15.3 Å². The minimum atomic E-state index is -0.312. The molecule has 1 atom stereocenters. The molecule has 0 radical (unpaired) electrons. The minimum absolute atomic E-state index is 0.235. The molecule has 0 bridgehead atoms. The van der Waals surface area contributed by atoms with Crippen LogP contribution in [-0.2, 0) is 4.74 Å². The Hall–Kier alpha value is -1.69. The summed E-state index contributed by atoms with van der Waals surface area (Å²) in [6.07, 6.45) is 8.20. The molecule has 6 nitrogen and oxygen atoms in total. The van der Waals surface area contributed by atoms with Gasteiger partial charge in [-0.15, -0.1) is 0 Å². The van der Waals surface area contributed by atoms with E-state index in [1.807, 2.05) is 0 Å². The number of nitrogens with one attached hydrogen (secondary N) is 2. The SMILES string of the molecule is O=C(NCCCCC1CCCO1)c1c[nH]c(=O)cn1. The third-order valence-corrected chi connectivity index (χ3v) is 3.17. The number of aromatic amines is 1. The number of carbonyl (C=O) groups is 1. The van der Waals surface area contributed by atoms with E-state index in [0.29, 0.717) is 12.6 Å². The Morgan fingerprint density at radius 1 is 1.53 bits per heavy atom. The number of carbonyl (C=O) groups excluding carboxylic acids is 1. The standard InChI is InChI=1S/C13H19N3O3/c17-12-9-15-11(8-16-12)13(18)14-6-2-1-4-10-5-3-7-19-10/h8-10H,1-7H2,(H,14,18)(H,16,17). The molecule has 1 aromatic rings. The smallest absolute Gasteiger partial charge is 0.271 e. The second kappa shape index (κ2) is 7.04. The number of rotatable bonds is 6. The van der Waals surface area contributed by atoms with Gasteiger partial charge in [-0.25, -0.2) is 4.98 Å². The summed E-state index contributed by atoms with van der Waals surface area (Å²) in [5, 5.41) is 2.78. The van der Waals surface area contributed by atoms with Gasteiger partial charge in [-0.1, -0.05) is 0 Å². The number of H-pyrrole nitrogens is 1. The highest BCUT2D eigenvalue weighted by Crippen LogP contribution is 2.17. The van der Waals surface area contributed by atoms with Crippen molar-refractivity contribution in [3.8, 4) is 0 Å². The third-order valence-electron chi connectivity index (χ3n) is 3.17. The van der Waals surface area contributed by atoms with Crippen LogP contribution in [0.4, 0.5) is 0 Å². The lowest BCUT2D eigenvalue weighted by Crippen LogP contribution is -2.26. The first kappa shape index (κ1) is 13.7. The highest BCUT2D eigenvalue weighted by atomic mass is 16.5. The van der Waals surface area contributed by atoms with E-state index >= 15 is 0 Å². The van der Waals surface area contributed by atoms with Crippen LogP contribution in [0.5, 0.6) is 0 Å². The van der Waals surface area contributed by atoms with Crippen LogP contribution in [-0.4, -0.2) is 35.1 Å². The molecular formula is C13H19N3O3. The Bertz CT molecular complexity index is 446. The number of hydrogen-bond donors (Lipinski definition) is 2. The molecule has 0 aromatic carbocycles. The molecular weight excluding hydrogens is 246 g/mol. The van der Waals surface area contributed by atoms with Crippen LogP contribution in [0.25, 0.3) is 0 Å². The Balaban J connectivity index is 1.61. The Kier molecular flexibility index (Phi) is 5.09. The molecule has 1 fully saturated rings. The predicted molar refractivity (Wildman–Crippen MR) is 70.0 cm³/mol. The number of nitrogens with zero attached hydrogens (tertiary/aromatic N) is 1. The summed E-state index contributed by atoms with van der Waals surface area (Å²) in [5.41, 5.74) is -0.0770. The van der Waals surface area contributed by atoms with Crippen LogP contribution in [0.3, 0.4) is 0 Å². The van der Waals surface area contributed by atoms with E-state index in [-0.39, 0.29) is 17.2 Å². The monoisotopic (exact) mass is 265 g/mol. The van der Waals surface area contributed by atoms with Gasteiger partial charge in [0.25, 0.3) is 11.5 Å². The molecule has 0 saturated carbocycles. The van der Waals surface area contributed by atoms with Gasteiger partial charge in [0.05, 0.1) is 12.3 Å². The van der Waals surface area contributed by atoms with E-state index in [1.165, 1.54) is 12.6 Å². The van der Waals surface area contributed by atoms with Crippen molar-refractivity contribution in [2.45, 2.75) is 38.2 Å². The van der Waals surface area contributed by atoms with Gasteiger partial charge in [0.15, 0.2) is 0 Å². The molecule has 1 aliphatic heterocycles. The van der Waals surface area contributed by atoms with E-state index in [9.17, 15) is 9.59 Å². The number of ether oxygens (including phenoxy) is 1. The summed E-state index contributed by atoms with van der Waals surface area (Å²) in [6.45, 7) is 1.51. The van der Waals surface area contributed by atoms with Crippen molar-refractivity contribution >= 4 is 5.91 Å². The molecule has 1 unspecified atom stereocenters. The fourth-order valence-corrected chi connectivity index (χ4v) is 2.13. The Morgan fingerprint density at radius 2 is 2.42 bits per heavy atom. The number of unbranched alkanes of at least 4 members (excludes halogenated alkanes) is 1. The summed E-state index contributed by atoms with van der Waals surface area (Å²) in [5.74, 6) is -0.256. The van der Waals surface area contributed by atoms with Crippen LogP contribution in [0.2, 0.25) is 0 Å². The van der Waals surface area contributed by atoms with Gasteiger partial charge < -0.3 is 15.0 Å². The summed E-state index contributed by atoms with van der Waals surface area (Å²) < 4.78 is 5.53. The molecule has 104 valence electrons. The second-order valence-corrected chi connectivity index (χ2v) is 4.68. The second-order valence-electron chi connectivity index (χ2n) is 4.68. The maximum atomic E-state index is 11.7. The van der Waals surface area contributed by atoms with Crippen LogP contribution in [0, 0.1) is 0 Å². The van der Waals surface area contributed by atoms with Gasteiger partial charge in [0.1, 0.15) is 5.69 Å². The summed E-state index contributed by atoms with van der Waals surface area (Å²) in [4.78, 5) is 28.7. The first-order chi connectivity index (χ1) is 9.25. The molecule has 1 saturated heterocycles. The van der Waals surface area contributed by atoms with Crippen molar-refractivity contribution in [3.63, 3.8) is 0 Å². The number of hydrogen-bond acceptors (Lipinski definition) is 4. The normalized spacial score (nSPS) is 18.4. The largest absolute Gasteiger partial charge is 0.378 e. The lowest BCUT2D eigenvalue weighted by Gasteiger charge is -2.09. The fourth-order valence-electron chi connectivity index (χ4n) is 2.13. The average molecular weight is 265 g/mol. The van der Waals surface area contributed by atoms with Crippen molar-refractivity contribution in [2.75, 3.05) is 13.2 Å². The zero-order valence-electron chi connectivity index (χ0n) is 10.9. The van der Waals surface area contributed by atoms with Crippen LogP contribution < -0.4 is 10.9 Å². The van der Waals surface area contributed by atoms with Gasteiger partial charge in [-0.3, -0.25) is 9.59 Å². The lowest BCUT2D eigenvalue weighted by molar-refractivity contribution is 0.0942. The molecule has 1 amide bonds. The summed E-state index contributed by atoms with van der Waals surface area (Å²) in [7, 11) is 0. The Labute approximate surface area is 111 Å². The molecule has 0 spiro atoms. The highest BCUT2D eigenvalue weighted by molar-refractivity contribution is 5.91. The molecule has 2 heterocycles. The van der Waals surface area contributed by atoms with E-state index in [0.717, 1.165) is 38.5 Å². The molecule has 2 rings (SSSR count). The molecule has 1 aromatic heterocycles. The van der Waals surface area contributed by atoms with Gasteiger partial charge in [0.2, 0.25) is 0 Å². The van der Waals surface area contributed by atoms with Crippen LogP contribution in [0.15, 0.2) is 17.2 Å². The zero-order chi connectivity index (χ0) is 13.5. The topological polar surface area (TPSA) is 84.1 Å². The van der Waals surface area contributed by atoms with Crippen molar-refractivity contribution in [2.24, 2.45) is 0 Å². The molecule has 19 heavy (non-hydrogen) atoms. The quantitative estimate of drug-likeness (QED) is 0.747. The Morgan fingerprint density at radius 3 is 3.11 bits per heavy atom. The number of amides is 1. The van der Waals surface area contributed by atoms with Crippen molar-refractivity contribution in [1.29, 1.82) is 0 Å². The predicted octanol–water partition coefficient (Wildman–Crippen LogP) is 0.849. The first-order valence-electron chi connectivity index (χ1n) is 6.70. The third kappa shape index (κ3) is 4.48. The molecule has 2 N–H and O–H groups in total. The maximum Gasteiger partial charge on any atom is 0.271 e. The number of aromatic nitrogens is 2. The lowest BCUT2D eigenvalue weighted by atomic mass is 10.1. The van der Waals surface area contributed by atoms with Gasteiger partial charge in [-0.2, -0.15) is 0 Å². The van der Waals surface area contributed by atoms with Crippen molar-refractivity contribution in [1.82, 2.24) is 15.3 Å². The van der Waals surface area contributed by atoms with E-state index in [1.54, 1.807) is 0 Å². The van der Waals surface area contributed by atoms with Crippen molar-refractivity contribution in [3.05, 3.63) is 28.4 Å². The molecule has 1 aliphatic rings. The van der Waals surface area contributed by atoms with Crippen LogP contribution >= 0.6 is 0 Å². The molecule has 0 aliphatic carbocycles. The van der Waals surface area contributed by atoms with Gasteiger partial charge in [-0.05, 0) is 32.1 Å². The summed E-state index contributed by atoms with van der Waals surface area (Å²) >= 11 is 0. The van der Waals surface area contributed by atoms with E-state index in [4.69, 9.17) is 4.74 Å². The molecule has 6 heteroatoms. The maximum absolute atomic E-state index is 11.7. The zero-order valence-corrected chi connectivity index (χ0v) is 10.9. The average Bonchev–Trinajstić information content (AvgIpc) is 2.92. The van der Waals surface area contributed by atoms with Crippen molar-refractivity contribution < 1.29 is 9.53 Å². The summed E-state index contributed by atoms with van der Waals surface area (Å²) in [6, 6.07) is 0. The van der Waals surface area contributed by atoms with E-state index < -0.39 is 0 Å². The van der Waals surface area contributed by atoms with Gasteiger partial charge >= 0.3 is 0 Å². The first-order valence-corrected chi connectivity index (χ1v) is 6.70. The van der Waals surface area contributed by atoms with Gasteiger partial charge in [0, 0.05) is 19.3 Å². The minimum Gasteiger partial charge on any atom is -0.378 e. The fraction of sp³-hybridized carbons (Fsp3) is 0.615. The van der Waals surface area contributed by atoms with Crippen LogP contribution in [0.1, 0.15) is 42.6 Å². The highest BCUT2D eigenvalue weighted by Gasteiger charge is 2.14.